The molecule has 0 unspecified atom stereocenters. The molecule has 0 fully saturated rings. The number of rotatable bonds is 6. The largest absolute Gasteiger partial charge is 0.309 e. The maximum absolute atomic E-state index is 10.5. The SMILES string of the molecule is N#Cc1ccc2c(c1)c1ccccc1n2-c1cc(C#N)c(-c2ccc([Si](c3ccccc3)(c3ccccc3)c3ccccc3)cc2)c(C#N)c1. The minimum Gasteiger partial charge on any atom is -0.309 e. The number of aromatic nitrogens is 1. The van der Waals surface area contributed by atoms with Crippen molar-refractivity contribution in [3.05, 3.63) is 187 Å². The summed E-state index contributed by atoms with van der Waals surface area (Å²) in [5, 5.41) is 37.7. The maximum atomic E-state index is 10.5. The summed E-state index contributed by atoms with van der Waals surface area (Å²) in [6.45, 7) is 0. The zero-order chi connectivity index (χ0) is 34.1. The summed E-state index contributed by atoms with van der Waals surface area (Å²) in [7, 11) is -2.73. The Balaban J connectivity index is 1.32. The molecule has 0 N–H and O–H groups in total. The first kappa shape index (κ1) is 30.4. The summed E-state index contributed by atoms with van der Waals surface area (Å²) in [5.41, 5.74) is 5.40. The molecule has 0 aliphatic rings. The molecule has 50 heavy (non-hydrogen) atoms. The summed E-state index contributed by atoms with van der Waals surface area (Å²) in [5.74, 6) is 0. The molecule has 0 radical (unpaired) electrons. The van der Waals surface area contributed by atoms with Crippen LogP contribution in [0.3, 0.4) is 0 Å². The molecule has 0 atom stereocenters. The average Bonchev–Trinajstić information content (AvgIpc) is 3.53. The van der Waals surface area contributed by atoms with Crippen LogP contribution in [-0.2, 0) is 0 Å². The van der Waals surface area contributed by atoms with Gasteiger partial charge in [-0.1, -0.05) is 133 Å². The van der Waals surface area contributed by atoms with E-state index in [0.717, 1.165) is 33.1 Å². The van der Waals surface area contributed by atoms with Gasteiger partial charge in [0.15, 0.2) is 8.07 Å². The lowest BCUT2D eigenvalue weighted by Crippen LogP contribution is -2.74. The van der Waals surface area contributed by atoms with Gasteiger partial charge in [-0.05, 0) is 62.7 Å². The lowest BCUT2D eigenvalue weighted by Gasteiger charge is -2.34. The third kappa shape index (κ3) is 4.80. The molecular weight excluding hydrogens is 625 g/mol. The highest BCUT2D eigenvalue weighted by molar-refractivity contribution is 7.19. The van der Waals surface area contributed by atoms with Crippen molar-refractivity contribution in [2.75, 3.05) is 0 Å². The van der Waals surface area contributed by atoms with Crippen LogP contribution in [0.1, 0.15) is 16.7 Å². The molecular formula is C45H28N4Si. The summed E-state index contributed by atoms with van der Waals surface area (Å²) in [6.07, 6.45) is 0. The van der Waals surface area contributed by atoms with Crippen molar-refractivity contribution in [1.82, 2.24) is 4.57 Å². The van der Waals surface area contributed by atoms with Crippen LogP contribution in [0.5, 0.6) is 0 Å². The third-order valence-corrected chi connectivity index (χ3v) is 14.4. The van der Waals surface area contributed by atoms with Gasteiger partial charge in [0.05, 0.1) is 45.9 Å². The van der Waals surface area contributed by atoms with Gasteiger partial charge in [0, 0.05) is 22.0 Å². The van der Waals surface area contributed by atoms with E-state index in [-0.39, 0.29) is 0 Å². The van der Waals surface area contributed by atoms with Gasteiger partial charge in [-0.15, -0.1) is 0 Å². The first-order chi connectivity index (χ1) is 24.7. The van der Waals surface area contributed by atoms with Crippen molar-refractivity contribution in [3.8, 4) is 35.0 Å². The van der Waals surface area contributed by atoms with Gasteiger partial charge in [0.25, 0.3) is 0 Å². The van der Waals surface area contributed by atoms with Crippen LogP contribution in [0.15, 0.2) is 170 Å². The molecule has 0 saturated carbocycles. The Labute approximate surface area is 291 Å². The molecule has 1 aromatic heterocycles. The van der Waals surface area contributed by atoms with Crippen molar-refractivity contribution in [1.29, 1.82) is 15.8 Å². The second-order valence-corrected chi connectivity index (χ2v) is 16.1. The first-order valence-corrected chi connectivity index (χ1v) is 18.4. The number of hydrogen-bond acceptors (Lipinski definition) is 3. The molecule has 7 aromatic carbocycles. The van der Waals surface area contributed by atoms with Crippen LogP contribution < -0.4 is 20.7 Å². The lowest BCUT2D eigenvalue weighted by atomic mass is 9.94. The fraction of sp³-hybridized carbons (Fsp3) is 0. The molecule has 5 heteroatoms. The van der Waals surface area contributed by atoms with E-state index in [9.17, 15) is 15.8 Å². The molecule has 0 spiro atoms. The standard InChI is InChI=1S/C45H28N4Si/c46-29-32-20-25-44-42(26-32)41-18-10-11-19-43(41)49(44)36-27-34(30-47)45(35(28-36)31-48)33-21-23-40(24-22-33)50(37-12-4-1-5-13-37,38-14-6-2-7-15-38)39-16-8-3-9-17-39/h1-28H. The van der Waals surface area contributed by atoms with Gasteiger partial charge < -0.3 is 4.57 Å². The quantitative estimate of drug-likeness (QED) is 0.138. The van der Waals surface area contributed by atoms with Gasteiger partial charge in [0.2, 0.25) is 0 Å². The summed E-state index contributed by atoms with van der Waals surface area (Å²) in [4.78, 5) is 0. The number of fused-ring (bicyclic) bond motifs is 3. The average molecular weight is 653 g/mol. The first-order valence-electron chi connectivity index (χ1n) is 16.4. The topological polar surface area (TPSA) is 76.3 Å². The molecule has 0 saturated heterocycles. The summed E-state index contributed by atoms with van der Waals surface area (Å²) < 4.78 is 2.07. The molecule has 4 nitrogen and oxygen atoms in total. The Bertz CT molecular complexity index is 2530. The van der Waals surface area contributed by atoms with Gasteiger partial charge in [-0.2, -0.15) is 15.8 Å². The molecule has 0 aliphatic carbocycles. The van der Waals surface area contributed by atoms with E-state index in [1.807, 2.05) is 48.5 Å². The Kier molecular flexibility index (Phi) is 7.63. The van der Waals surface area contributed by atoms with Crippen LogP contribution in [0.4, 0.5) is 0 Å². The second kappa shape index (κ2) is 12.6. The normalized spacial score (nSPS) is 11.1. The predicted molar refractivity (Wildman–Crippen MR) is 204 cm³/mol. The van der Waals surface area contributed by atoms with Crippen LogP contribution in [0, 0.1) is 34.0 Å². The fourth-order valence-electron chi connectivity index (χ4n) is 7.52. The highest BCUT2D eigenvalue weighted by Gasteiger charge is 2.41. The van der Waals surface area contributed by atoms with Gasteiger partial charge in [-0.25, -0.2) is 0 Å². The van der Waals surface area contributed by atoms with E-state index in [1.54, 1.807) is 6.07 Å². The highest BCUT2D eigenvalue weighted by atomic mass is 28.3. The Morgan fingerprint density at radius 2 is 0.900 bits per heavy atom. The monoisotopic (exact) mass is 652 g/mol. The predicted octanol–water partition coefficient (Wildman–Crippen LogP) is 7.44. The van der Waals surface area contributed by atoms with Crippen molar-refractivity contribution in [2.24, 2.45) is 0 Å². The molecule has 232 valence electrons. The van der Waals surface area contributed by atoms with Crippen molar-refractivity contribution < 1.29 is 0 Å². The van der Waals surface area contributed by atoms with Crippen LogP contribution >= 0.6 is 0 Å². The Hall–Kier alpha value is -6.97. The number of benzene rings is 7. The second-order valence-electron chi connectivity index (χ2n) is 12.3. The maximum Gasteiger partial charge on any atom is 0.179 e. The lowest BCUT2D eigenvalue weighted by molar-refractivity contribution is 1.17. The van der Waals surface area contributed by atoms with Gasteiger partial charge in [0.1, 0.15) is 0 Å². The van der Waals surface area contributed by atoms with Crippen molar-refractivity contribution >= 4 is 50.6 Å². The minimum atomic E-state index is -2.73. The third-order valence-electron chi connectivity index (χ3n) is 9.65. The fourth-order valence-corrected chi connectivity index (χ4v) is 12.3. The Morgan fingerprint density at radius 3 is 1.42 bits per heavy atom. The zero-order valence-corrected chi connectivity index (χ0v) is 28.0. The van der Waals surface area contributed by atoms with Crippen molar-refractivity contribution in [3.63, 3.8) is 0 Å². The molecule has 0 amide bonds. The van der Waals surface area contributed by atoms with Crippen LogP contribution in [0.2, 0.25) is 0 Å². The number of nitrogens with zero attached hydrogens (tertiary/aromatic N) is 4. The summed E-state index contributed by atoms with van der Waals surface area (Å²) in [6, 6.07) is 65.1. The van der Waals surface area contributed by atoms with E-state index in [4.69, 9.17) is 0 Å². The molecule has 0 bridgehead atoms. The molecule has 0 aliphatic heterocycles. The van der Waals surface area contributed by atoms with E-state index in [1.165, 1.54) is 20.7 Å². The van der Waals surface area contributed by atoms with Gasteiger partial charge >= 0.3 is 0 Å². The zero-order valence-electron chi connectivity index (χ0n) is 27.0. The van der Waals surface area contributed by atoms with E-state index >= 15 is 0 Å². The molecule has 8 aromatic rings. The van der Waals surface area contributed by atoms with E-state index in [2.05, 4.69) is 138 Å². The van der Waals surface area contributed by atoms with Crippen LogP contribution in [0.25, 0.3) is 38.6 Å². The smallest absolute Gasteiger partial charge is 0.179 e. The number of nitriles is 3. The summed E-state index contributed by atoms with van der Waals surface area (Å²) >= 11 is 0. The molecule has 1 heterocycles. The number of hydrogen-bond donors (Lipinski definition) is 0. The number of para-hydroxylation sites is 1. The van der Waals surface area contributed by atoms with E-state index < -0.39 is 8.07 Å². The highest BCUT2D eigenvalue weighted by Crippen LogP contribution is 2.36. The minimum absolute atomic E-state index is 0.420. The molecule has 8 rings (SSSR count). The van der Waals surface area contributed by atoms with E-state index in [0.29, 0.717) is 22.3 Å². The van der Waals surface area contributed by atoms with Crippen LogP contribution in [-0.4, -0.2) is 12.6 Å². The van der Waals surface area contributed by atoms with Gasteiger partial charge in [-0.3, -0.25) is 0 Å². The Morgan fingerprint density at radius 1 is 0.420 bits per heavy atom. The van der Waals surface area contributed by atoms with Crippen molar-refractivity contribution in [2.45, 2.75) is 0 Å².